The second-order valence-electron chi connectivity index (χ2n) is 9.02. The van der Waals surface area contributed by atoms with Crippen molar-refractivity contribution in [3.8, 4) is 11.3 Å². The van der Waals surface area contributed by atoms with Crippen molar-refractivity contribution in [1.29, 1.82) is 0 Å². The maximum atomic E-state index is 12.6. The fourth-order valence-electron chi connectivity index (χ4n) is 3.66. The van der Waals surface area contributed by atoms with Crippen LogP contribution in [0.25, 0.3) is 16.9 Å². The smallest absolute Gasteiger partial charge is 0.290 e. The molecule has 0 saturated carbocycles. The second kappa shape index (κ2) is 13.0. The van der Waals surface area contributed by atoms with Crippen molar-refractivity contribution >= 4 is 24.5 Å². The summed E-state index contributed by atoms with van der Waals surface area (Å²) < 4.78 is 9.29. The van der Waals surface area contributed by atoms with Crippen LogP contribution in [0.4, 0.5) is 0 Å². The van der Waals surface area contributed by atoms with Gasteiger partial charge in [0.15, 0.2) is 18.9 Å². The van der Waals surface area contributed by atoms with Gasteiger partial charge in [0.1, 0.15) is 11.4 Å². The summed E-state index contributed by atoms with van der Waals surface area (Å²) in [6, 6.07) is 7.86. The van der Waals surface area contributed by atoms with Crippen LogP contribution in [0.2, 0.25) is 0 Å². The van der Waals surface area contributed by atoms with Crippen molar-refractivity contribution in [2.24, 2.45) is 0 Å². The number of carboxylic acid groups (broad SMARTS) is 2. The fourth-order valence-corrected chi connectivity index (χ4v) is 3.66. The molecule has 37 heavy (non-hydrogen) atoms. The minimum atomic E-state index is -0.500. The number of amides is 1. The molecule has 11 heteroatoms. The molecule has 0 unspecified atom stereocenters. The quantitative estimate of drug-likeness (QED) is 0.304. The van der Waals surface area contributed by atoms with Crippen LogP contribution in [0.5, 0.6) is 0 Å². The van der Waals surface area contributed by atoms with Gasteiger partial charge in [0.05, 0.1) is 29.7 Å². The highest BCUT2D eigenvalue weighted by atomic mass is 16.5. The number of hydrogen-bond acceptors (Lipinski definition) is 7. The monoisotopic (exact) mass is 509 g/mol. The van der Waals surface area contributed by atoms with Gasteiger partial charge in [0.2, 0.25) is 0 Å². The molecule has 0 fully saturated rings. The van der Waals surface area contributed by atoms with Gasteiger partial charge in [-0.1, -0.05) is 25.9 Å². The lowest BCUT2D eigenvalue weighted by Crippen LogP contribution is -2.40. The van der Waals surface area contributed by atoms with Gasteiger partial charge in [-0.3, -0.25) is 14.0 Å². The largest absolute Gasteiger partial charge is 0.554 e. The van der Waals surface area contributed by atoms with Crippen LogP contribution < -0.4 is 15.0 Å². The number of rotatable bonds is 5. The third kappa shape index (κ3) is 7.47. The molecular formula is C26H31N5O6. The Kier molecular flexibility index (Phi) is 10.1. The first-order chi connectivity index (χ1) is 17.6. The summed E-state index contributed by atoms with van der Waals surface area (Å²) in [6.07, 6.45) is 7.75. The van der Waals surface area contributed by atoms with Gasteiger partial charge in [-0.25, -0.2) is 9.55 Å². The molecular weight excluding hydrogens is 478 g/mol. The van der Waals surface area contributed by atoms with Gasteiger partial charge in [-0.05, 0) is 37.0 Å². The molecule has 0 bridgehead atoms. The zero-order valence-electron chi connectivity index (χ0n) is 21.5. The average molecular weight is 510 g/mol. The van der Waals surface area contributed by atoms with E-state index in [2.05, 4.69) is 65.3 Å². The van der Waals surface area contributed by atoms with Crippen LogP contribution in [0.15, 0.2) is 53.6 Å². The van der Waals surface area contributed by atoms with Gasteiger partial charge in [0, 0.05) is 30.4 Å². The third-order valence-corrected chi connectivity index (χ3v) is 5.48. The van der Waals surface area contributed by atoms with Crippen molar-refractivity contribution in [2.75, 3.05) is 6.54 Å². The SMILES string of the molecule is Cc1noc(C)c1-c1cnc2cc(C(=O)NCC[n+]3ccc(C(C)(C)C)cc3)ccn12.O=CO.O=C[O-]. The molecule has 0 atom stereocenters. The summed E-state index contributed by atoms with van der Waals surface area (Å²) >= 11 is 0. The number of hydrogen-bond donors (Lipinski definition) is 2. The Morgan fingerprint density at radius 3 is 2.38 bits per heavy atom. The first kappa shape index (κ1) is 28.7. The summed E-state index contributed by atoms with van der Waals surface area (Å²) in [6.45, 7) is 10.9. The van der Waals surface area contributed by atoms with Crippen molar-refractivity contribution in [2.45, 2.75) is 46.6 Å². The van der Waals surface area contributed by atoms with Crippen molar-refractivity contribution in [1.82, 2.24) is 19.9 Å². The molecule has 11 nitrogen and oxygen atoms in total. The van der Waals surface area contributed by atoms with Crippen LogP contribution in [0.1, 0.15) is 48.1 Å². The molecule has 4 aromatic heterocycles. The summed E-state index contributed by atoms with van der Waals surface area (Å²) in [5.41, 5.74) is 5.34. The van der Waals surface area contributed by atoms with Crippen LogP contribution in [-0.4, -0.2) is 45.0 Å². The van der Waals surface area contributed by atoms with Gasteiger partial charge in [0.25, 0.3) is 12.4 Å². The highest BCUT2D eigenvalue weighted by Gasteiger charge is 2.17. The molecule has 0 aliphatic carbocycles. The van der Waals surface area contributed by atoms with E-state index in [0.29, 0.717) is 24.3 Å². The number of imidazole rings is 1. The van der Waals surface area contributed by atoms with E-state index in [1.165, 1.54) is 5.56 Å². The Morgan fingerprint density at radius 2 is 1.84 bits per heavy atom. The Balaban J connectivity index is 0.000000733. The van der Waals surface area contributed by atoms with E-state index in [-0.39, 0.29) is 17.8 Å². The summed E-state index contributed by atoms with van der Waals surface area (Å²) in [7, 11) is 0. The highest BCUT2D eigenvalue weighted by Crippen LogP contribution is 2.27. The highest BCUT2D eigenvalue weighted by molar-refractivity contribution is 5.95. The molecule has 0 saturated heterocycles. The molecule has 2 N–H and O–H groups in total. The summed E-state index contributed by atoms with van der Waals surface area (Å²) in [5, 5.41) is 22.1. The minimum absolute atomic E-state index is 0.115. The Morgan fingerprint density at radius 1 is 1.22 bits per heavy atom. The Bertz CT molecular complexity index is 1310. The molecule has 196 valence electrons. The first-order valence-corrected chi connectivity index (χ1v) is 11.4. The maximum Gasteiger partial charge on any atom is 0.290 e. The third-order valence-electron chi connectivity index (χ3n) is 5.48. The Hall–Kier alpha value is -4.54. The molecule has 1 amide bonds. The average Bonchev–Trinajstić information content (AvgIpc) is 3.41. The molecule has 4 heterocycles. The number of pyridine rings is 2. The minimum Gasteiger partial charge on any atom is -0.554 e. The van der Waals surface area contributed by atoms with E-state index in [4.69, 9.17) is 24.3 Å². The topological polar surface area (TPSA) is 154 Å². The number of fused-ring (bicyclic) bond motifs is 1. The number of carbonyl (C=O) groups excluding carboxylic acids is 2. The van der Waals surface area contributed by atoms with E-state index < -0.39 is 6.47 Å². The van der Waals surface area contributed by atoms with Gasteiger partial charge < -0.3 is 24.8 Å². The van der Waals surface area contributed by atoms with Crippen LogP contribution in [-0.2, 0) is 21.5 Å². The zero-order valence-corrected chi connectivity index (χ0v) is 21.5. The predicted molar refractivity (Wildman–Crippen MR) is 133 cm³/mol. The number of aromatic nitrogens is 4. The van der Waals surface area contributed by atoms with Crippen LogP contribution >= 0.6 is 0 Å². The molecule has 0 aromatic carbocycles. The lowest BCUT2D eigenvalue weighted by Gasteiger charge is -2.17. The van der Waals surface area contributed by atoms with E-state index in [1.807, 2.05) is 24.4 Å². The van der Waals surface area contributed by atoms with Gasteiger partial charge in [-0.15, -0.1) is 0 Å². The number of aryl methyl sites for hydroxylation is 2. The number of carbonyl (C=O) groups is 3. The predicted octanol–water partition coefficient (Wildman–Crippen LogP) is 1.69. The molecule has 4 aromatic rings. The molecule has 4 rings (SSSR count). The summed E-state index contributed by atoms with van der Waals surface area (Å²) in [4.78, 5) is 33.7. The standard InChI is InChI=1S/C24H27N5O2.2CH2O2/c1-16-22(17(2)31-27-16)20-15-26-21-14-18(6-12-29(20)21)23(30)25-9-13-28-10-7-19(8-11-28)24(3,4)5;2*2-1-3/h6-8,10-12,14-15H,9,13H2,1-5H3;2*1H,(H,2,3). The molecule has 0 spiro atoms. The van der Waals surface area contributed by atoms with Crippen molar-refractivity contribution < 1.29 is 33.7 Å². The number of nitrogens with one attached hydrogen (secondary N) is 1. The van der Waals surface area contributed by atoms with Crippen LogP contribution in [0.3, 0.4) is 0 Å². The summed E-state index contributed by atoms with van der Waals surface area (Å²) in [5.74, 6) is 0.630. The van der Waals surface area contributed by atoms with E-state index in [0.717, 1.165) is 22.7 Å². The molecule has 0 aliphatic heterocycles. The van der Waals surface area contributed by atoms with Crippen molar-refractivity contribution in [3.05, 3.63) is 71.6 Å². The van der Waals surface area contributed by atoms with E-state index in [9.17, 15) is 4.79 Å². The van der Waals surface area contributed by atoms with E-state index >= 15 is 0 Å². The first-order valence-electron chi connectivity index (χ1n) is 11.4. The van der Waals surface area contributed by atoms with Crippen LogP contribution in [0, 0.1) is 13.8 Å². The number of nitrogens with zero attached hydrogens (tertiary/aromatic N) is 4. The fraction of sp³-hybridized carbons (Fsp3) is 0.308. The van der Waals surface area contributed by atoms with Gasteiger partial charge in [-0.2, -0.15) is 0 Å². The normalized spacial score (nSPS) is 10.5. The van der Waals surface area contributed by atoms with Gasteiger partial charge >= 0.3 is 0 Å². The molecule has 0 aliphatic rings. The lowest BCUT2D eigenvalue weighted by molar-refractivity contribution is -0.695. The second-order valence-corrected chi connectivity index (χ2v) is 9.02. The Labute approximate surface area is 214 Å². The van der Waals surface area contributed by atoms with Crippen molar-refractivity contribution in [3.63, 3.8) is 0 Å². The lowest BCUT2D eigenvalue weighted by atomic mass is 9.88. The zero-order chi connectivity index (χ0) is 27.6. The molecule has 0 radical (unpaired) electrons. The van der Waals surface area contributed by atoms with E-state index in [1.54, 1.807) is 18.3 Å². The maximum absolute atomic E-state index is 12.6.